The third-order valence-electron chi connectivity index (χ3n) is 2.30. The molecule has 0 bridgehead atoms. The minimum absolute atomic E-state index is 0. The molecule has 1 radical (unpaired) electrons. The van der Waals surface area contributed by atoms with E-state index in [9.17, 15) is 4.79 Å². The summed E-state index contributed by atoms with van der Waals surface area (Å²) in [6.45, 7) is 0. The molecule has 0 spiro atoms. The topological polar surface area (TPSA) is 22.0 Å². The second kappa shape index (κ2) is 6.46. The zero-order valence-corrected chi connectivity index (χ0v) is 14.8. The van der Waals surface area contributed by atoms with Crippen molar-refractivity contribution in [2.45, 2.75) is 0 Å². The molecule has 2 aromatic rings. The van der Waals surface area contributed by atoms with E-state index in [1.807, 2.05) is 34.7 Å². The number of aromatic nitrogens is 1. The number of pyridine rings is 1. The van der Waals surface area contributed by atoms with Crippen LogP contribution >= 0.6 is 34.2 Å². The van der Waals surface area contributed by atoms with Crippen molar-refractivity contribution in [3.8, 4) is 11.3 Å². The fourth-order valence-corrected chi connectivity index (χ4v) is 2.08. The van der Waals surface area contributed by atoms with Crippen LogP contribution in [0.3, 0.4) is 0 Å². The van der Waals surface area contributed by atoms with Crippen LogP contribution in [-0.4, -0.2) is 4.57 Å². The molecule has 0 N–H and O–H groups in total. The monoisotopic (exact) mass is 433 g/mol. The number of halogens is 2. The summed E-state index contributed by atoms with van der Waals surface area (Å²) < 4.78 is 2.25. The molecule has 0 aliphatic carbocycles. The van der Waals surface area contributed by atoms with Gasteiger partial charge in [0.2, 0.25) is 5.56 Å². The fourth-order valence-electron chi connectivity index (χ4n) is 1.44. The Morgan fingerprint density at radius 2 is 1.88 bits per heavy atom. The predicted molar refractivity (Wildman–Crippen MR) is 73.7 cm³/mol. The Kier molecular flexibility index (Phi) is 5.83. The van der Waals surface area contributed by atoms with Gasteiger partial charge in [-0.2, -0.15) is 12.1 Å². The molecule has 1 aromatic heterocycles. The zero-order valence-electron chi connectivity index (χ0n) is 9.08. The Morgan fingerprint density at radius 3 is 2.47 bits per heavy atom. The van der Waals surface area contributed by atoms with E-state index in [-0.39, 0.29) is 38.3 Å². The molecule has 5 heteroatoms. The van der Waals surface area contributed by atoms with Gasteiger partial charge in [0.25, 0.3) is 0 Å². The summed E-state index contributed by atoms with van der Waals surface area (Å²) in [5.74, 6) is 0. The molecule has 0 aliphatic rings. The standard InChI is InChI=1S/C12H8ClINO.Y/c1-15-11(7-6-10(14)12(15)16)8-2-4-9(13)5-3-8;/h2-6H,1H3;/q-1;. The summed E-state index contributed by atoms with van der Waals surface area (Å²) in [7, 11) is 1.74. The van der Waals surface area contributed by atoms with Gasteiger partial charge in [-0.25, -0.2) is 0 Å². The maximum Gasteiger partial charge on any atom is 0.207 e. The van der Waals surface area contributed by atoms with Crippen molar-refractivity contribution >= 4 is 34.2 Å². The Hall–Kier alpha value is 0.294. The van der Waals surface area contributed by atoms with E-state index in [1.165, 1.54) is 0 Å². The minimum Gasteiger partial charge on any atom is -0.345 e. The third kappa shape index (κ3) is 3.40. The zero-order chi connectivity index (χ0) is 11.7. The van der Waals surface area contributed by atoms with Crippen molar-refractivity contribution < 1.29 is 32.7 Å². The second-order valence-electron chi connectivity index (χ2n) is 3.36. The van der Waals surface area contributed by atoms with E-state index >= 15 is 0 Å². The van der Waals surface area contributed by atoms with Gasteiger partial charge in [-0.15, -0.1) is 34.7 Å². The predicted octanol–water partition coefficient (Wildman–Crippen LogP) is 3.11. The molecule has 17 heavy (non-hydrogen) atoms. The van der Waals surface area contributed by atoms with Crippen LogP contribution in [0.2, 0.25) is 5.02 Å². The van der Waals surface area contributed by atoms with Crippen LogP contribution in [0, 0.1) is 9.64 Å². The average molecular weight is 433 g/mol. The van der Waals surface area contributed by atoms with E-state index < -0.39 is 0 Å². The van der Waals surface area contributed by atoms with Gasteiger partial charge in [0.1, 0.15) is 0 Å². The first kappa shape index (κ1) is 15.4. The van der Waals surface area contributed by atoms with Crippen molar-refractivity contribution in [1.82, 2.24) is 4.57 Å². The van der Waals surface area contributed by atoms with E-state index in [0.29, 0.717) is 8.59 Å². The van der Waals surface area contributed by atoms with Gasteiger partial charge >= 0.3 is 0 Å². The molecule has 1 aromatic carbocycles. The van der Waals surface area contributed by atoms with Gasteiger partial charge in [-0.1, -0.05) is 35.0 Å². The molecule has 0 fully saturated rings. The summed E-state index contributed by atoms with van der Waals surface area (Å²) in [6, 6.07) is 12.1. The van der Waals surface area contributed by atoms with Gasteiger partial charge in [-0.3, -0.25) is 4.79 Å². The van der Waals surface area contributed by atoms with Crippen molar-refractivity contribution in [2.24, 2.45) is 7.05 Å². The molecule has 0 saturated heterocycles. The van der Waals surface area contributed by atoms with Gasteiger partial charge in [0.15, 0.2) is 0 Å². The van der Waals surface area contributed by atoms with Crippen molar-refractivity contribution in [3.63, 3.8) is 0 Å². The van der Waals surface area contributed by atoms with Crippen LogP contribution in [0.4, 0.5) is 0 Å². The smallest absolute Gasteiger partial charge is 0.207 e. The molecular formula is C12H8ClINOY-. The molecule has 0 saturated carbocycles. The first-order valence-corrected chi connectivity index (χ1v) is 6.08. The van der Waals surface area contributed by atoms with Crippen LogP contribution in [0.15, 0.2) is 35.1 Å². The molecule has 2 nitrogen and oxygen atoms in total. The summed E-state index contributed by atoms with van der Waals surface area (Å²) in [6.07, 6.45) is 0. The van der Waals surface area contributed by atoms with Gasteiger partial charge < -0.3 is 4.57 Å². The quantitative estimate of drug-likeness (QED) is 0.501. The number of benzene rings is 1. The average Bonchev–Trinajstić information content (AvgIpc) is 2.28. The van der Waals surface area contributed by atoms with Crippen molar-refractivity contribution in [2.75, 3.05) is 0 Å². The maximum atomic E-state index is 11.7. The Bertz CT molecular complexity index is 580. The van der Waals surface area contributed by atoms with E-state index in [0.717, 1.165) is 11.3 Å². The Morgan fingerprint density at radius 1 is 1.29 bits per heavy atom. The van der Waals surface area contributed by atoms with E-state index in [4.69, 9.17) is 11.6 Å². The first-order chi connectivity index (χ1) is 7.59. The number of hydrogen-bond donors (Lipinski definition) is 0. The minimum atomic E-state index is -0.00991. The first-order valence-electron chi connectivity index (χ1n) is 4.63. The number of nitrogens with zero attached hydrogens (tertiary/aromatic N) is 1. The largest absolute Gasteiger partial charge is 0.345 e. The number of hydrogen-bond acceptors (Lipinski definition) is 1. The van der Waals surface area contributed by atoms with Gasteiger partial charge in [0, 0.05) is 44.8 Å². The normalized spacial score (nSPS) is 9.82. The van der Waals surface area contributed by atoms with Crippen molar-refractivity contribution in [3.05, 3.63) is 55.3 Å². The molecule has 2 rings (SSSR count). The van der Waals surface area contributed by atoms with Crippen LogP contribution in [0.5, 0.6) is 0 Å². The summed E-state index contributed by atoms with van der Waals surface area (Å²) in [5, 5.41) is 0.680. The molecule has 1 heterocycles. The van der Waals surface area contributed by atoms with Gasteiger partial charge in [0.05, 0.1) is 0 Å². The molecule has 0 unspecified atom stereocenters. The molecule has 0 aliphatic heterocycles. The number of rotatable bonds is 1. The summed E-state index contributed by atoms with van der Waals surface area (Å²) >= 11 is 7.82. The summed E-state index contributed by atoms with van der Waals surface area (Å²) in [5.41, 5.74) is 1.69. The second-order valence-corrected chi connectivity index (χ2v) is 4.95. The van der Waals surface area contributed by atoms with Crippen LogP contribution < -0.4 is 5.56 Å². The Balaban J connectivity index is 0.00000144. The maximum absolute atomic E-state index is 11.7. The van der Waals surface area contributed by atoms with Crippen LogP contribution in [0.1, 0.15) is 0 Å². The van der Waals surface area contributed by atoms with Crippen LogP contribution in [-0.2, 0) is 39.8 Å². The molecule has 0 atom stereocenters. The van der Waals surface area contributed by atoms with Crippen LogP contribution in [0.25, 0.3) is 11.3 Å². The molecule has 0 amide bonds. The molecule has 85 valence electrons. The van der Waals surface area contributed by atoms with E-state index in [2.05, 4.69) is 6.07 Å². The SMILES string of the molecule is Cn1c(-c2ccc(Cl)cc2)[c-]cc(I)c1=O.[Y]. The van der Waals surface area contributed by atoms with Crippen molar-refractivity contribution in [1.29, 1.82) is 0 Å². The van der Waals surface area contributed by atoms with E-state index in [1.54, 1.807) is 29.8 Å². The summed E-state index contributed by atoms with van der Waals surface area (Å²) in [4.78, 5) is 11.7. The fraction of sp³-hybridized carbons (Fsp3) is 0.0833. The third-order valence-corrected chi connectivity index (χ3v) is 3.32. The molecular weight excluding hydrogens is 425 g/mol. The Labute approximate surface area is 143 Å². The van der Waals surface area contributed by atoms with Gasteiger partial charge in [-0.05, 0) is 3.57 Å².